The fraction of sp³-hybridized carbons (Fsp3) is 0.194. The van der Waals surface area contributed by atoms with Gasteiger partial charge >= 0.3 is 0 Å². The van der Waals surface area contributed by atoms with Crippen molar-refractivity contribution in [3.63, 3.8) is 0 Å². The van der Waals surface area contributed by atoms with Crippen molar-refractivity contribution in [2.75, 3.05) is 19.4 Å². The molecule has 1 heterocycles. The van der Waals surface area contributed by atoms with E-state index in [1.54, 1.807) is 39.1 Å². The molecule has 0 aliphatic rings. The van der Waals surface area contributed by atoms with Gasteiger partial charge in [-0.15, -0.1) is 0 Å². The van der Waals surface area contributed by atoms with E-state index < -0.39 is 34.9 Å². The molecule has 0 saturated heterocycles. The molecule has 42 heavy (non-hydrogen) atoms. The Balaban J connectivity index is 1.85. The summed E-state index contributed by atoms with van der Waals surface area (Å²) in [6, 6.07) is 12.9. The van der Waals surface area contributed by atoms with Crippen molar-refractivity contribution in [2.45, 2.75) is 26.4 Å². The van der Waals surface area contributed by atoms with Crippen LogP contribution in [0.5, 0.6) is 0 Å². The Hall–Kier alpha value is -5.03. The number of likely N-dealkylation sites (N-methyl/N-ethyl adjacent to an activating group) is 1. The monoisotopic (exact) mass is 573 g/mol. The van der Waals surface area contributed by atoms with E-state index in [1.807, 2.05) is 0 Å². The Morgan fingerprint density at radius 1 is 0.952 bits per heavy atom. The van der Waals surface area contributed by atoms with Crippen LogP contribution in [-0.4, -0.2) is 47.3 Å². The number of nitrogens with one attached hydrogen (secondary N) is 3. The molecule has 4 rings (SSSR count). The lowest BCUT2D eigenvalue weighted by molar-refractivity contribution is -0.117. The summed E-state index contributed by atoms with van der Waals surface area (Å²) in [6.07, 6.45) is 1.23. The van der Waals surface area contributed by atoms with Gasteiger partial charge in [-0.05, 0) is 80.6 Å². The molecule has 216 valence electrons. The summed E-state index contributed by atoms with van der Waals surface area (Å²) in [5.74, 6) is -2.40. The molecule has 1 atom stereocenters. The molecule has 0 radical (unpaired) electrons. The molecule has 0 fully saturated rings. The van der Waals surface area contributed by atoms with Crippen molar-refractivity contribution in [1.82, 2.24) is 20.2 Å². The van der Waals surface area contributed by atoms with E-state index in [0.29, 0.717) is 16.7 Å². The van der Waals surface area contributed by atoms with Gasteiger partial charge in [-0.3, -0.25) is 23.7 Å². The zero-order chi connectivity index (χ0) is 30.6. The average Bonchev–Trinajstić information content (AvgIpc) is 2.98. The Morgan fingerprint density at radius 2 is 1.67 bits per heavy atom. The van der Waals surface area contributed by atoms with Crippen molar-refractivity contribution < 1.29 is 23.2 Å². The standard InChI is InChI=1S/C31H29F2N5O4/c1-17-24(6-5-7-25(17)30(41)35-4)28-36-15-26(37-29(40)18(2)34-3)31(42)38(28)16-19-12-21(14-23(33)13-19)27(39)20-8-10-22(32)11-9-20/h5-15,18,34H,16H2,1-4H3,(H,35,41)(H,37,40)/t18-/m0/s1. The third kappa shape index (κ3) is 6.31. The molecule has 0 aliphatic heterocycles. The maximum atomic E-state index is 14.8. The van der Waals surface area contributed by atoms with Gasteiger partial charge in [0.2, 0.25) is 5.91 Å². The largest absolute Gasteiger partial charge is 0.355 e. The smallest absolute Gasteiger partial charge is 0.277 e. The number of nitrogens with zero attached hydrogens (tertiary/aromatic N) is 2. The van der Waals surface area contributed by atoms with E-state index in [0.717, 1.165) is 18.2 Å². The van der Waals surface area contributed by atoms with Crippen LogP contribution in [-0.2, 0) is 11.3 Å². The molecule has 1 aromatic heterocycles. The molecular weight excluding hydrogens is 544 g/mol. The van der Waals surface area contributed by atoms with E-state index in [1.165, 1.54) is 42.1 Å². The van der Waals surface area contributed by atoms with Crippen molar-refractivity contribution in [3.05, 3.63) is 117 Å². The van der Waals surface area contributed by atoms with Crippen LogP contribution < -0.4 is 21.5 Å². The van der Waals surface area contributed by atoms with Crippen LogP contribution in [0, 0.1) is 18.6 Å². The van der Waals surface area contributed by atoms with Gasteiger partial charge in [0.15, 0.2) is 5.78 Å². The second-order valence-electron chi connectivity index (χ2n) is 9.63. The maximum Gasteiger partial charge on any atom is 0.277 e. The fourth-order valence-corrected chi connectivity index (χ4v) is 4.39. The number of hydrogen-bond acceptors (Lipinski definition) is 6. The molecule has 0 aliphatic carbocycles. The third-order valence-corrected chi connectivity index (χ3v) is 6.84. The number of anilines is 1. The summed E-state index contributed by atoms with van der Waals surface area (Å²) >= 11 is 0. The molecule has 0 spiro atoms. The third-order valence-electron chi connectivity index (χ3n) is 6.84. The van der Waals surface area contributed by atoms with E-state index in [-0.39, 0.29) is 40.7 Å². The number of halogens is 2. The second-order valence-corrected chi connectivity index (χ2v) is 9.63. The van der Waals surface area contributed by atoms with E-state index >= 15 is 0 Å². The summed E-state index contributed by atoms with van der Waals surface area (Å²) < 4.78 is 29.4. The van der Waals surface area contributed by atoms with Crippen LogP contribution in [0.25, 0.3) is 11.4 Å². The van der Waals surface area contributed by atoms with Crippen LogP contribution in [0.1, 0.15) is 44.3 Å². The number of amides is 2. The van der Waals surface area contributed by atoms with Gasteiger partial charge < -0.3 is 16.0 Å². The first-order chi connectivity index (χ1) is 20.0. The van der Waals surface area contributed by atoms with E-state index in [4.69, 9.17) is 0 Å². The molecule has 9 nitrogen and oxygen atoms in total. The van der Waals surface area contributed by atoms with Crippen molar-refractivity contribution in [2.24, 2.45) is 0 Å². The predicted octanol–water partition coefficient (Wildman–Crippen LogP) is 3.68. The SMILES string of the molecule is CNC(=O)c1cccc(-c2ncc(NC(=O)[C@H](C)NC)c(=O)n2Cc2cc(F)cc(C(=O)c3ccc(F)cc3)c2)c1C. The Morgan fingerprint density at radius 3 is 2.33 bits per heavy atom. The average molecular weight is 574 g/mol. The highest BCUT2D eigenvalue weighted by Crippen LogP contribution is 2.25. The van der Waals surface area contributed by atoms with Crippen LogP contribution in [0.15, 0.2) is 71.7 Å². The molecule has 0 unspecified atom stereocenters. The first-order valence-corrected chi connectivity index (χ1v) is 13.0. The first-order valence-electron chi connectivity index (χ1n) is 13.0. The zero-order valence-corrected chi connectivity index (χ0v) is 23.4. The minimum atomic E-state index is -0.717. The van der Waals surface area contributed by atoms with Gasteiger partial charge in [0.05, 0.1) is 18.8 Å². The highest BCUT2D eigenvalue weighted by molar-refractivity contribution is 6.09. The molecule has 11 heteroatoms. The van der Waals surface area contributed by atoms with Crippen LogP contribution in [0.3, 0.4) is 0 Å². The summed E-state index contributed by atoms with van der Waals surface area (Å²) in [4.78, 5) is 56.3. The minimum Gasteiger partial charge on any atom is -0.355 e. The molecule has 3 N–H and O–H groups in total. The number of hydrogen-bond donors (Lipinski definition) is 3. The lowest BCUT2D eigenvalue weighted by atomic mass is 10.00. The van der Waals surface area contributed by atoms with Crippen molar-refractivity contribution in [1.29, 1.82) is 0 Å². The van der Waals surface area contributed by atoms with Crippen LogP contribution >= 0.6 is 0 Å². The van der Waals surface area contributed by atoms with Gasteiger partial charge in [-0.1, -0.05) is 12.1 Å². The minimum absolute atomic E-state index is 0.00395. The van der Waals surface area contributed by atoms with Gasteiger partial charge in [0.1, 0.15) is 23.1 Å². The number of ketones is 1. The van der Waals surface area contributed by atoms with Crippen molar-refractivity contribution >= 4 is 23.3 Å². The molecule has 3 aromatic carbocycles. The highest BCUT2D eigenvalue weighted by Gasteiger charge is 2.21. The quantitative estimate of drug-likeness (QED) is 0.263. The summed E-state index contributed by atoms with van der Waals surface area (Å²) in [5, 5.41) is 7.94. The maximum absolute atomic E-state index is 14.8. The summed E-state index contributed by atoms with van der Waals surface area (Å²) in [7, 11) is 3.10. The molecule has 0 saturated carbocycles. The molecule has 0 bridgehead atoms. The van der Waals surface area contributed by atoms with Gasteiger partial charge in [-0.2, -0.15) is 0 Å². The van der Waals surface area contributed by atoms with E-state index in [9.17, 15) is 28.0 Å². The topological polar surface area (TPSA) is 122 Å². The number of rotatable bonds is 9. The zero-order valence-electron chi connectivity index (χ0n) is 23.4. The predicted molar refractivity (Wildman–Crippen MR) is 155 cm³/mol. The van der Waals surface area contributed by atoms with Gasteiger partial charge in [0, 0.05) is 29.3 Å². The first kappa shape index (κ1) is 29.9. The molecule has 4 aromatic rings. The van der Waals surface area contributed by atoms with Gasteiger partial charge in [-0.25, -0.2) is 13.8 Å². The number of carbonyl (C=O) groups excluding carboxylic acids is 3. The van der Waals surface area contributed by atoms with E-state index in [2.05, 4.69) is 20.9 Å². The summed E-state index contributed by atoms with van der Waals surface area (Å²) in [5.41, 5.74) is 1.08. The Kier molecular flexibility index (Phi) is 9.02. The highest BCUT2D eigenvalue weighted by atomic mass is 19.1. The Labute approximate surface area is 240 Å². The normalized spacial score (nSPS) is 11.6. The number of carbonyl (C=O) groups is 3. The number of benzene rings is 3. The molecule has 2 amide bonds. The lowest BCUT2D eigenvalue weighted by Crippen LogP contribution is -2.38. The fourth-order valence-electron chi connectivity index (χ4n) is 4.39. The summed E-state index contributed by atoms with van der Waals surface area (Å²) in [6.45, 7) is 3.11. The van der Waals surface area contributed by atoms with Gasteiger partial charge in [0.25, 0.3) is 11.5 Å². The van der Waals surface area contributed by atoms with Crippen molar-refractivity contribution in [3.8, 4) is 11.4 Å². The van der Waals surface area contributed by atoms with Crippen LogP contribution in [0.2, 0.25) is 0 Å². The lowest BCUT2D eigenvalue weighted by Gasteiger charge is -2.18. The Bertz CT molecular complexity index is 1730. The number of aromatic nitrogens is 2. The van der Waals surface area contributed by atoms with Crippen LogP contribution in [0.4, 0.5) is 14.5 Å². The molecular formula is C31H29F2N5O4. The second kappa shape index (κ2) is 12.6.